The van der Waals surface area contributed by atoms with E-state index in [1.807, 2.05) is 37.3 Å². The third kappa shape index (κ3) is 3.15. The maximum absolute atomic E-state index is 11.2. The van der Waals surface area contributed by atoms with Gasteiger partial charge in [-0.1, -0.05) is 48.0 Å². The minimum atomic E-state index is -4.30. The van der Waals surface area contributed by atoms with Crippen LogP contribution in [0.1, 0.15) is 16.7 Å². The summed E-state index contributed by atoms with van der Waals surface area (Å²) in [4.78, 5) is -0.245. The number of benzene rings is 2. The number of rotatable bonds is 3. The molecule has 0 unspecified atom stereocenters. The van der Waals surface area contributed by atoms with Crippen LogP contribution in [0.3, 0.4) is 0 Å². The summed E-state index contributed by atoms with van der Waals surface area (Å²) in [7, 11) is -4.30. The van der Waals surface area contributed by atoms with Crippen LogP contribution in [0.15, 0.2) is 47.4 Å². The third-order valence-electron chi connectivity index (χ3n) is 2.94. The molecule has 5 heteroatoms. The van der Waals surface area contributed by atoms with Crippen molar-refractivity contribution in [2.45, 2.75) is 18.2 Å². The summed E-state index contributed by atoms with van der Waals surface area (Å²) in [6.45, 7) is 1.86. The molecule has 19 heavy (non-hydrogen) atoms. The third-order valence-corrected chi connectivity index (χ3v) is 4.38. The lowest BCUT2D eigenvalue weighted by atomic mass is 10.0. The van der Waals surface area contributed by atoms with Crippen LogP contribution < -0.4 is 0 Å². The highest BCUT2D eigenvalue weighted by molar-refractivity contribution is 7.86. The first-order valence-corrected chi connectivity index (χ1v) is 7.51. The van der Waals surface area contributed by atoms with Crippen molar-refractivity contribution in [2.24, 2.45) is 0 Å². The zero-order valence-corrected chi connectivity index (χ0v) is 11.9. The van der Waals surface area contributed by atoms with Gasteiger partial charge in [-0.25, -0.2) is 0 Å². The Bertz CT molecular complexity index is 694. The Morgan fingerprint density at radius 3 is 2.32 bits per heavy atom. The van der Waals surface area contributed by atoms with Crippen LogP contribution in [0, 0.1) is 6.92 Å². The molecule has 0 amide bonds. The van der Waals surface area contributed by atoms with Gasteiger partial charge in [0.2, 0.25) is 0 Å². The van der Waals surface area contributed by atoms with E-state index < -0.39 is 10.1 Å². The van der Waals surface area contributed by atoms with Gasteiger partial charge in [0.15, 0.2) is 0 Å². The number of hydrogen-bond acceptors (Lipinski definition) is 2. The highest BCUT2D eigenvalue weighted by Crippen LogP contribution is 2.29. The SMILES string of the molecule is Cc1ccc(S(=O)(=O)O)c(Cl)c1Cc1ccccc1. The largest absolute Gasteiger partial charge is 0.296 e. The van der Waals surface area contributed by atoms with E-state index in [-0.39, 0.29) is 9.92 Å². The Kier molecular flexibility index (Phi) is 3.94. The van der Waals surface area contributed by atoms with Crippen LogP contribution in [0.25, 0.3) is 0 Å². The fraction of sp³-hybridized carbons (Fsp3) is 0.143. The predicted octanol–water partition coefficient (Wildman–Crippen LogP) is 3.49. The molecule has 1 N–H and O–H groups in total. The molecule has 0 bridgehead atoms. The molecule has 0 aliphatic heterocycles. The van der Waals surface area contributed by atoms with Crippen LogP contribution >= 0.6 is 11.6 Å². The quantitative estimate of drug-likeness (QED) is 0.882. The van der Waals surface area contributed by atoms with Crippen LogP contribution in [0.5, 0.6) is 0 Å². The second kappa shape index (κ2) is 5.33. The van der Waals surface area contributed by atoms with Gasteiger partial charge in [0.25, 0.3) is 10.1 Å². The van der Waals surface area contributed by atoms with E-state index in [1.54, 1.807) is 6.07 Å². The van der Waals surface area contributed by atoms with Crippen molar-refractivity contribution in [3.63, 3.8) is 0 Å². The molecular weight excluding hydrogens is 284 g/mol. The van der Waals surface area contributed by atoms with Crippen molar-refractivity contribution in [2.75, 3.05) is 0 Å². The molecule has 100 valence electrons. The fourth-order valence-corrected chi connectivity index (χ4v) is 3.07. The van der Waals surface area contributed by atoms with Gasteiger partial charge < -0.3 is 0 Å². The Morgan fingerprint density at radius 2 is 1.74 bits per heavy atom. The average molecular weight is 297 g/mol. The Labute approximate surface area is 117 Å². The first-order chi connectivity index (χ1) is 8.89. The minimum Gasteiger partial charge on any atom is -0.282 e. The van der Waals surface area contributed by atoms with E-state index in [9.17, 15) is 8.42 Å². The molecule has 0 spiro atoms. The molecule has 0 heterocycles. The smallest absolute Gasteiger partial charge is 0.282 e. The Hall–Kier alpha value is -1.36. The molecule has 0 aromatic heterocycles. The number of aryl methyl sites for hydroxylation is 1. The molecule has 3 nitrogen and oxygen atoms in total. The summed E-state index contributed by atoms with van der Waals surface area (Å²) in [6.07, 6.45) is 0.523. The van der Waals surface area contributed by atoms with Crippen LogP contribution in [-0.4, -0.2) is 13.0 Å². The first kappa shape index (κ1) is 14.1. The second-order valence-corrected chi connectivity index (χ2v) is 6.08. The summed E-state index contributed by atoms with van der Waals surface area (Å²) in [5, 5.41) is 0.0892. The van der Waals surface area contributed by atoms with Crippen molar-refractivity contribution in [1.82, 2.24) is 0 Å². The normalized spacial score (nSPS) is 11.5. The maximum Gasteiger partial charge on any atom is 0.296 e. The topological polar surface area (TPSA) is 54.4 Å². The van der Waals surface area contributed by atoms with Gasteiger partial charge in [-0.3, -0.25) is 4.55 Å². The van der Waals surface area contributed by atoms with Crippen molar-refractivity contribution in [1.29, 1.82) is 0 Å². The predicted molar refractivity (Wildman–Crippen MR) is 75.3 cm³/mol. The van der Waals surface area contributed by atoms with Gasteiger partial charge in [-0.2, -0.15) is 8.42 Å². The molecular formula is C14H13ClO3S. The first-order valence-electron chi connectivity index (χ1n) is 5.69. The van der Waals surface area contributed by atoms with E-state index in [0.29, 0.717) is 12.0 Å². The number of halogens is 1. The van der Waals surface area contributed by atoms with Crippen LogP contribution in [0.2, 0.25) is 5.02 Å². The molecule has 0 aliphatic rings. The van der Waals surface area contributed by atoms with Gasteiger partial charge >= 0.3 is 0 Å². The minimum absolute atomic E-state index is 0.0892. The van der Waals surface area contributed by atoms with Gasteiger partial charge in [0.05, 0.1) is 5.02 Å². The van der Waals surface area contributed by atoms with E-state index >= 15 is 0 Å². The second-order valence-electron chi connectivity index (χ2n) is 4.31. The van der Waals surface area contributed by atoms with Crippen molar-refractivity contribution in [3.8, 4) is 0 Å². The highest BCUT2D eigenvalue weighted by atomic mass is 35.5. The van der Waals surface area contributed by atoms with E-state index in [0.717, 1.165) is 11.1 Å². The molecule has 0 fully saturated rings. The lowest BCUT2D eigenvalue weighted by Crippen LogP contribution is -2.03. The van der Waals surface area contributed by atoms with Crippen molar-refractivity contribution in [3.05, 3.63) is 64.2 Å². The van der Waals surface area contributed by atoms with Gasteiger partial charge in [0.1, 0.15) is 4.90 Å². The van der Waals surface area contributed by atoms with Crippen molar-refractivity contribution >= 4 is 21.7 Å². The van der Waals surface area contributed by atoms with Gasteiger partial charge in [-0.15, -0.1) is 0 Å². The molecule has 0 saturated heterocycles. The molecule has 0 saturated carbocycles. The number of hydrogen-bond donors (Lipinski definition) is 1. The summed E-state index contributed by atoms with van der Waals surface area (Å²) in [5.74, 6) is 0. The van der Waals surface area contributed by atoms with E-state index in [2.05, 4.69) is 0 Å². The molecule has 0 atom stereocenters. The van der Waals surface area contributed by atoms with Gasteiger partial charge in [0, 0.05) is 0 Å². The lowest BCUT2D eigenvalue weighted by Gasteiger charge is -2.11. The van der Waals surface area contributed by atoms with E-state index in [1.165, 1.54) is 6.07 Å². The molecule has 2 aromatic carbocycles. The van der Waals surface area contributed by atoms with E-state index in [4.69, 9.17) is 16.2 Å². The summed E-state index contributed by atoms with van der Waals surface area (Å²) in [6, 6.07) is 12.6. The zero-order chi connectivity index (χ0) is 14.0. The zero-order valence-electron chi connectivity index (χ0n) is 10.3. The fourth-order valence-electron chi connectivity index (χ4n) is 1.91. The lowest BCUT2D eigenvalue weighted by molar-refractivity contribution is 0.483. The van der Waals surface area contributed by atoms with Gasteiger partial charge in [-0.05, 0) is 36.1 Å². The summed E-state index contributed by atoms with van der Waals surface area (Å²) < 4.78 is 31.6. The summed E-state index contributed by atoms with van der Waals surface area (Å²) >= 11 is 6.11. The van der Waals surface area contributed by atoms with Crippen LogP contribution in [-0.2, 0) is 16.5 Å². The monoisotopic (exact) mass is 296 g/mol. The molecule has 0 aliphatic carbocycles. The Balaban J connectivity index is 2.52. The molecule has 0 radical (unpaired) electrons. The summed E-state index contributed by atoms with van der Waals surface area (Å²) in [5.41, 5.74) is 2.63. The standard InChI is InChI=1S/C14H13ClO3S/c1-10-7-8-13(19(16,17)18)14(15)12(10)9-11-5-3-2-4-6-11/h2-8H,9H2,1H3,(H,16,17,18). The maximum atomic E-state index is 11.2. The average Bonchev–Trinajstić information content (AvgIpc) is 2.34. The van der Waals surface area contributed by atoms with Crippen LogP contribution in [0.4, 0.5) is 0 Å². The van der Waals surface area contributed by atoms with Crippen molar-refractivity contribution < 1.29 is 13.0 Å². The molecule has 2 aromatic rings. The molecule has 2 rings (SSSR count). The highest BCUT2D eigenvalue weighted by Gasteiger charge is 2.18. The Morgan fingerprint density at radius 1 is 1.11 bits per heavy atom.